The molecule has 4 aromatic rings. The van der Waals surface area contributed by atoms with Crippen molar-refractivity contribution in [2.75, 3.05) is 15.7 Å². The molecule has 4 aromatic carbocycles. The fourth-order valence-electron chi connectivity index (χ4n) is 6.08. The first kappa shape index (κ1) is 35.4. The van der Waals surface area contributed by atoms with Gasteiger partial charge in [0.05, 0.1) is 5.69 Å². The minimum atomic E-state index is -2.71. The van der Waals surface area contributed by atoms with E-state index in [1.165, 1.54) is 44.2 Å². The van der Waals surface area contributed by atoms with Crippen LogP contribution in [0.2, 0.25) is 0 Å². The third-order valence-corrected chi connectivity index (χ3v) is 16.3. The number of hydrogen-bond donors (Lipinski definition) is 1. The number of hydrogen-bond acceptors (Lipinski definition) is 1. The summed E-state index contributed by atoms with van der Waals surface area (Å²) < 4.78 is 2.80. The number of nitrogens with zero attached hydrogens (tertiary/aromatic N) is 1. The highest BCUT2D eigenvalue weighted by Crippen LogP contribution is 2.65. The first-order chi connectivity index (χ1) is 21.5. The van der Waals surface area contributed by atoms with E-state index in [4.69, 9.17) is 11.8 Å². The largest absolute Gasteiger partial charge is 0.338 e. The molecule has 0 aliphatic heterocycles. The zero-order chi connectivity index (χ0) is 32.7. The molecule has 0 fully saturated rings. The van der Waals surface area contributed by atoms with Crippen LogP contribution in [0.3, 0.4) is 0 Å². The minimum Gasteiger partial charge on any atom is -0.338 e. The molecular formula is C40H54N2P2S. The molecule has 0 aliphatic carbocycles. The van der Waals surface area contributed by atoms with E-state index in [1.54, 1.807) is 0 Å². The van der Waals surface area contributed by atoms with Gasteiger partial charge in [-0.3, -0.25) is 4.44 Å². The molecule has 2 nitrogen and oxygen atoms in total. The monoisotopic (exact) mass is 656 g/mol. The highest BCUT2D eigenvalue weighted by atomic mass is 32.4. The molecule has 0 aromatic heterocycles. The van der Waals surface area contributed by atoms with Crippen LogP contribution in [-0.2, 0) is 11.8 Å². The summed E-state index contributed by atoms with van der Waals surface area (Å²) in [7, 11) is -0.825. The lowest BCUT2D eigenvalue weighted by Crippen LogP contribution is -2.32. The lowest BCUT2D eigenvalue weighted by molar-refractivity contribution is 0.835. The van der Waals surface area contributed by atoms with Crippen LogP contribution in [0.25, 0.3) is 0 Å². The molecule has 0 heterocycles. The van der Waals surface area contributed by atoms with Crippen molar-refractivity contribution in [1.82, 2.24) is 0 Å². The topological polar surface area (TPSA) is 15.3 Å². The lowest BCUT2D eigenvalue weighted by Gasteiger charge is -2.46. The zero-order valence-electron chi connectivity index (χ0n) is 28.9. The van der Waals surface area contributed by atoms with E-state index in [0.29, 0.717) is 23.7 Å². The molecule has 4 rings (SSSR count). The number of nitrogens with one attached hydrogen (secondary N) is 1. The van der Waals surface area contributed by atoms with Gasteiger partial charge in [0, 0.05) is 19.1 Å². The Kier molecular flexibility index (Phi) is 12.5. The summed E-state index contributed by atoms with van der Waals surface area (Å²) in [6, 6.07) is 36.0. The fourth-order valence-corrected chi connectivity index (χ4v) is 14.4. The molecular weight excluding hydrogens is 602 g/mol. The Morgan fingerprint density at radius 3 is 1.51 bits per heavy atom. The van der Waals surface area contributed by atoms with Gasteiger partial charge in [-0.2, -0.15) is 0 Å². The van der Waals surface area contributed by atoms with E-state index < -0.39 is 14.4 Å². The Hall–Kier alpha value is -2.44. The summed E-state index contributed by atoms with van der Waals surface area (Å²) in [6.07, 6.45) is 0.689. The van der Waals surface area contributed by atoms with Crippen molar-refractivity contribution < 1.29 is 0 Å². The summed E-state index contributed by atoms with van der Waals surface area (Å²) in [6.45, 7) is 20.9. The second-order valence-corrected chi connectivity index (χ2v) is 19.7. The number of para-hydroxylation sites is 2. The molecule has 5 heteroatoms. The van der Waals surface area contributed by atoms with Crippen LogP contribution in [0.5, 0.6) is 0 Å². The van der Waals surface area contributed by atoms with Crippen molar-refractivity contribution in [3.05, 3.63) is 119 Å². The number of rotatable bonds is 14. The van der Waals surface area contributed by atoms with Gasteiger partial charge in [0.25, 0.3) is 0 Å². The molecule has 45 heavy (non-hydrogen) atoms. The number of anilines is 2. The average Bonchev–Trinajstić information content (AvgIpc) is 3.03. The maximum Gasteiger partial charge on any atom is 0.154 e. The highest BCUT2D eigenvalue weighted by molar-refractivity contribution is 8.22. The van der Waals surface area contributed by atoms with Gasteiger partial charge in [-0.1, -0.05) is 166 Å². The zero-order valence-corrected chi connectivity index (χ0v) is 31.5. The van der Waals surface area contributed by atoms with Gasteiger partial charge in [-0.25, -0.2) is 0 Å². The summed E-state index contributed by atoms with van der Waals surface area (Å²) in [4.78, 5) is 0. The van der Waals surface area contributed by atoms with E-state index in [1.807, 2.05) is 0 Å². The predicted molar refractivity (Wildman–Crippen MR) is 208 cm³/mol. The van der Waals surface area contributed by atoms with Crippen LogP contribution in [0.1, 0.15) is 121 Å². The third-order valence-electron chi connectivity index (χ3n) is 8.56. The van der Waals surface area contributed by atoms with Crippen LogP contribution in [0, 0.1) is 0 Å². The number of unbranched alkanes of at least 4 members (excludes halogenated alkanes) is 1. The molecule has 0 aliphatic rings. The maximum absolute atomic E-state index is 7.31. The van der Waals surface area contributed by atoms with Crippen LogP contribution >= 0.6 is 14.4 Å². The van der Waals surface area contributed by atoms with E-state index >= 15 is 0 Å². The molecule has 0 saturated heterocycles. The van der Waals surface area contributed by atoms with Crippen molar-refractivity contribution in [3.8, 4) is 0 Å². The summed E-state index contributed by atoms with van der Waals surface area (Å²) in [5.74, 6) is 1.44. The summed E-state index contributed by atoms with van der Waals surface area (Å²) in [5, 5.41) is 6.90. The van der Waals surface area contributed by atoms with E-state index in [-0.39, 0.29) is 0 Å². The fraction of sp³-hybridized carbons (Fsp3) is 0.400. The molecule has 0 bridgehead atoms. The van der Waals surface area contributed by atoms with Crippen molar-refractivity contribution in [2.45, 2.75) is 98.8 Å². The van der Waals surface area contributed by atoms with Crippen LogP contribution in [0.15, 0.2) is 97.1 Å². The van der Waals surface area contributed by atoms with E-state index in [9.17, 15) is 0 Å². The molecule has 0 saturated carbocycles. The van der Waals surface area contributed by atoms with Crippen molar-refractivity contribution in [2.24, 2.45) is 0 Å². The molecule has 0 spiro atoms. The van der Waals surface area contributed by atoms with Gasteiger partial charge < -0.3 is 5.09 Å². The van der Waals surface area contributed by atoms with E-state index in [0.717, 1.165) is 19.0 Å². The van der Waals surface area contributed by atoms with Gasteiger partial charge in [0.2, 0.25) is 0 Å². The SMILES string of the molecule is CCCC[P@@](c1ccccc1)N(c1c(C(C)C)cccc1C(C)C)[P@@](=S)(Nc1c(C(C)C)cccc1C(C)C)c1ccccc1. The van der Waals surface area contributed by atoms with Gasteiger partial charge in [0.15, 0.2) is 6.34 Å². The second kappa shape index (κ2) is 15.9. The standard InChI is InChI=1S/C40H54N2P2S/c1-10-11-28-43(33-20-14-12-15-21-33)42(40-37(31(6)7)26-19-27-38(40)32(8)9)44(45,34-22-16-13-17-23-34)41-39-35(29(2)3)24-18-25-36(39)30(4)5/h12-27,29-32H,10-11,28H2,1-9H3,(H,41,45)/t43-,44-/m0/s1. The van der Waals surface area contributed by atoms with Gasteiger partial charge in [0.1, 0.15) is 0 Å². The van der Waals surface area contributed by atoms with Crippen molar-refractivity contribution in [1.29, 1.82) is 0 Å². The summed E-state index contributed by atoms with van der Waals surface area (Å²) >= 11 is 7.31. The van der Waals surface area contributed by atoms with Crippen LogP contribution < -0.4 is 20.1 Å². The smallest absolute Gasteiger partial charge is 0.154 e. The molecule has 240 valence electrons. The maximum atomic E-state index is 7.31. The Morgan fingerprint density at radius 2 is 1.07 bits per heavy atom. The molecule has 0 radical (unpaired) electrons. The highest BCUT2D eigenvalue weighted by Gasteiger charge is 2.39. The van der Waals surface area contributed by atoms with E-state index in [2.05, 4.69) is 169 Å². The summed E-state index contributed by atoms with van der Waals surface area (Å²) in [5.41, 5.74) is 8.02. The molecule has 1 N–H and O–H groups in total. The predicted octanol–water partition coefficient (Wildman–Crippen LogP) is 12.3. The van der Waals surface area contributed by atoms with Crippen molar-refractivity contribution >= 4 is 48.2 Å². The average molecular weight is 657 g/mol. The molecule has 0 amide bonds. The molecule has 2 atom stereocenters. The minimum absolute atomic E-state index is 0.355. The van der Waals surface area contributed by atoms with Gasteiger partial charge in [-0.15, -0.1) is 0 Å². The lowest BCUT2D eigenvalue weighted by atomic mass is 9.93. The van der Waals surface area contributed by atoms with Crippen LogP contribution in [-0.4, -0.2) is 6.16 Å². The first-order valence-corrected chi connectivity index (χ1v) is 21.1. The van der Waals surface area contributed by atoms with Crippen LogP contribution in [0.4, 0.5) is 11.4 Å². The quantitative estimate of drug-likeness (QED) is 0.136. The normalized spacial score (nSPS) is 13.8. The Bertz CT molecular complexity index is 1510. The second-order valence-electron chi connectivity index (χ2n) is 13.3. The van der Waals surface area contributed by atoms with Gasteiger partial charge >= 0.3 is 0 Å². The Morgan fingerprint density at radius 1 is 0.622 bits per heavy atom. The Labute approximate surface area is 281 Å². The molecule has 0 unspecified atom stereocenters. The van der Waals surface area contributed by atoms with Gasteiger partial charge in [-0.05, 0) is 75.6 Å². The Balaban J connectivity index is 2.19. The number of benzene rings is 4. The first-order valence-electron chi connectivity index (χ1n) is 16.8. The van der Waals surface area contributed by atoms with Crippen molar-refractivity contribution in [3.63, 3.8) is 0 Å². The third kappa shape index (κ3) is 7.93.